The number of nitrogens with zero attached hydrogens (tertiary/aromatic N) is 2. The first-order chi connectivity index (χ1) is 9.78. The van der Waals surface area contributed by atoms with Crippen molar-refractivity contribution in [2.24, 2.45) is 0 Å². The SMILES string of the molecule is COc1cccc2sc(NC(=O)c3ccccn3)nc12. The highest BCUT2D eigenvalue weighted by Gasteiger charge is 2.12. The fraction of sp³-hybridized carbons (Fsp3) is 0.0714. The first kappa shape index (κ1) is 12.6. The Morgan fingerprint density at radius 3 is 2.90 bits per heavy atom. The molecule has 2 aromatic heterocycles. The first-order valence-corrected chi connectivity index (χ1v) is 6.75. The van der Waals surface area contributed by atoms with Gasteiger partial charge in [0.1, 0.15) is 17.0 Å². The number of fused-ring (bicyclic) bond motifs is 1. The number of rotatable bonds is 3. The highest BCUT2D eigenvalue weighted by molar-refractivity contribution is 7.22. The van der Waals surface area contributed by atoms with Gasteiger partial charge in [-0.3, -0.25) is 15.1 Å². The maximum absolute atomic E-state index is 12.0. The molecule has 0 fully saturated rings. The van der Waals surface area contributed by atoms with Crippen LogP contribution in [0.15, 0.2) is 42.6 Å². The molecule has 0 saturated carbocycles. The van der Waals surface area contributed by atoms with Gasteiger partial charge in [0.2, 0.25) is 0 Å². The predicted molar refractivity (Wildman–Crippen MR) is 78.4 cm³/mol. The molecule has 0 bridgehead atoms. The van der Waals surface area contributed by atoms with E-state index in [9.17, 15) is 4.79 Å². The van der Waals surface area contributed by atoms with Crippen molar-refractivity contribution in [2.45, 2.75) is 0 Å². The number of para-hydroxylation sites is 1. The number of amides is 1. The Labute approximate surface area is 119 Å². The Morgan fingerprint density at radius 2 is 2.15 bits per heavy atom. The second-order valence-corrected chi connectivity index (χ2v) is 5.03. The molecule has 0 spiro atoms. The first-order valence-electron chi connectivity index (χ1n) is 5.94. The summed E-state index contributed by atoms with van der Waals surface area (Å²) in [6, 6.07) is 10.9. The number of anilines is 1. The number of nitrogens with one attached hydrogen (secondary N) is 1. The zero-order chi connectivity index (χ0) is 13.9. The third kappa shape index (κ3) is 2.33. The van der Waals surface area contributed by atoms with E-state index in [1.165, 1.54) is 11.3 Å². The standard InChI is InChI=1S/C14H11N3O2S/c1-19-10-6-4-7-11-12(10)16-14(20-11)17-13(18)9-5-2-3-8-15-9/h2-8H,1H3,(H,16,17,18). The quantitative estimate of drug-likeness (QED) is 0.803. The molecule has 0 atom stereocenters. The zero-order valence-corrected chi connectivity index (χ0v) is 11.5. The number of thiazole rings is 1. The number of hydrogen-bond acceptors (Lipinski definition) is 5. The van der Waals surface area contributed by atoms with Crippen LogP contribution in [0.3, 0.4) is 0 Å². The summed E-state index contributed by atoms with van der Waals surface area (Å²) in [6.07, 6.45) is 1.58. The fourth-order valence-electron chi connectivity index (χ4n) is 1.80. The second kappa shape index (κ2) is 5.26. The Morgan fingerprint density at radius 1 is 1.25 bits per heavy atom. The molecule has 20 heavy (non-hydrogen) atoms. The van der Waals surface area contributed by atoms with Crippen LogP contribution in [0.5, 0.6) is 5.75 Å². The number of hydrogen-bond donors (Lipinski definition) is 1. The van der Waals surface area contributed by atoms with Crippen LogP contribution < -0.4 is 10.1 Å². The molecule has 5 nitrogen and oxygen atoms in total. The van der Waals surface area contributed by atoms with Crippen molar-refractivity contribution in [3.63, 3.8) is 0 Å². The Hall–Kier alpha value is -2.47. The van der Waals surface area contributed by atoms with Crippen LogP contribution in [-0.2, 0) is 0 Å². The smallest absolute Gasteiger partial charge is 0.276 e. The molecular weight excluding hydrogens is 274 g/mol. The van der Waals surface area contributed by atoms with Crippen molar-refractivity contribution in [3.05, 3.63) is 48.3 Å². The van der Waals surface area contributed by atoms with Crippen LogP contribution >= 0.6 is 11.3 Å². The second-order valence-electron chi connectivity index (χ2n) is 4.00. The Bertz CT molecular complexity index is 755. The maximum atomic E-state index is 12.0. The molecule has 0 aliphatic heterocycles. The van der Waals surface area contributed by atoms with Gasteiger partial charge in [0, 0.05) is 6.20 Å². The van der Waals surface area contributed by atoms with Gasteiger partial charge in [0.25, 0.3) is 5.91 Å². The summed E-state index contributed by atoms with van der Waals surface area (Å²) in [5.74, 6) is 0.417. The van der Waals surface area contributed by atoms with Gasteiger partial charge in [-0.2, -0.15) is 0 Å². The van der Waals surface area contributed by atoms with Gasteiger partial charge in [-0.15, -0.1) is 0 Å². The molecule has 100 valence electrons. The molecule has 3 rings (SSSR count). The summed E-state index contributed by atoms with van der Waals surface area (Å²) in [4.78, 5) is 20.4. The lowest BCUT2D eigenvalue weighted by Crippen LogP contribution is -2.12. The lowest BCUT2D eigenvalue weighted by molar-refractivity contribution is 0.102. The molecule has 0 unspecified atom stereocenters. The summed E-state index contributed by atoms with van der Waals surface area (Å²) < 4.78 is 6.21. The third-order valence-corrected chi connectivity index (χ3v) is 3.66. The number of pyridine rings is 1. The van der Waals surface area contributed by atoms with E-state index in [0.29, 0.717) is 16.6 Å². The minimum Gasteiger partial charge on any atom is -0.494 e. The van der Waals surface area contributed by atoms with Gasteiger partial charge < -0.3 is 4.74 Å². The minimum atomic E-state index is -0.274. The third-order valence-electron chi connectivity index (χ3n) is 2.72. The van der Waals surface area contributed by atoms with Crippen LogP contribution in [0.4, 0.5) is 5.13 Å². The van der Waals surface area contributed by atoms with Crippen molar-refractivity contribution in [1.29, 1.82) is 0 Å². The average molecular weight is 285 g/mol. The van der Waals surface area contributed by atoms with Crippen LogP contribution in [0.1, 0.15) is 10.5 Å². The zero-order valence-electron chi connectivity index (χ0n) is 10.7. The molecule has 1 amide bonds. The van der Waals surface area contributed by atoms with Gasteiger partial charge in [-0.05, 0) is 24.3 Å². The van der Waals surface area contributed by atoms with Gasteiger partial charge in [0.15, 0.2) is 5.13 Å². The Balaban J connectivity index is 1.90. The van der Waals surface area contributed by atoms with E-state index >= 15 is 0 Å². The maximum Gasteiger partial charge on any atom is 0.276 e. The molecule has 0 radical (unpaired) electrons. The van der Waals surface area contributed by atoms with Crippen molar-refractivity contribution < 1.29 is 9.53 Å². The van der Waals surface area contributed by atoms with E-state index in [2.05, 4.69) is 15.3 Å². The van der Waals surface area contributed by atoms with Crippen LogP contribution in [0, 0.1) is 0 Å². The average Bonchev–Trinajstić information content (AvgIpc) is 2.90. The highest BCUT2D eigenvalue weighted by Crippen LogP contribution is 2.32. The number of ether oxygens (including phenoxy) is 1. The predicted octanol–water partition coefficient (Wildman–Crippen LogP) is 2.95. The van der Waals surface area contributed by atoms with E-state index in [-0.39, 0.29) is 5.91 Å². The summed E-state index contributed by atoms with van der Waals surface area (Å²) in [7, 11) is 1.60. The number of carbonyl (C=O) groups is 1. The van der Waals surface area contributed by atoms with Gasteiger partial charge in [-0.1, -0.05) is 23.5 Å². The summed E-state index contributed by atoms with van der Waals surface area (Å²) in [5.41, 5.74) is 1.11. The number of carbonyl (C=O) groups excluding carboxylic acids is 1. The summed E-state index contributed by atoms with van der Waals surface area (Å²) in [5, 5.41) is 3.28. The van der Waals surface area contributed by atoms with E-state index in [4.69, 9.17) is 4.74 Å². The van der Waals surface area contributed by atoms with Crippen molar-refractivity contribution in [2.75, 3.05) is 12.4 Å². The monoisotopic (exact) mass is 285 g/mol. The lowest BCUT2D eigenvalue weighted by Gasteiger charge is -1.99. The van der Waals surface area contributed by atoms with Crippen LogP contribution in [0.2, 0.25) is 0 Å². The molecule has 0 aliphatic rings. The molecule has 3 aromatic rings. The number of aromatic nitrogens is 2. The topological polar surface area (TPSA) is 64.1 Å². The molecule has 1 aromatic carbocycles. The van der Waals surface area contributed by atoms with Gasteiger partial charge in [-0.25, -0.2) is 4.98 Å². The normalized spacial score (nSPS) is 10.4. The van der Waals surface area contributed by atoms with E-state index in [0.717, 1.165) is 10.2 Å². The molecule has 0 saturated heterocycles. The molecule has 2 heterocycles. The molecule has 0 aliphatic carbocycles. The van der Waals surface area contributed by atoms with E-state index in [1.54, 1.807) is 31.5 Å². The van der Waals surface area contributed by atoms with Crippen LogP contribution in [0.25, 0.3) is 10.2 Å². The highest BCUT2D eigenvalue weighted by atomic mass is 32.1. The van der Waals surface area contributed by atoms with E-state index < -0.39 is 0 Å². The molecule has 1 N–H and O–H groups in total. The van der Waals surface area contributed by atoms with Crippen molar-refractivity contribution in [3.8, 4) is 5.75 Å². The van der Waals surface area contributed by atoms with Gasteiger partial charge >= 0.3 is 0 Å². The van der Waals surface area contributed by atoms with Gasteiger partial charge in [0.05, 0.1) is 11.8 Å². The summed E-state index contributed by atoms with van der Waals surface area (Å²) >= 11 is 1.40. The molecule has 6 heteroatoms. The fourth-order valence-corrected chi connectivity index (χ4v) is 2.68. The largest absolute Gasteiger partial charge is 0.494 e. The minimum absolute atomic E-state index is 0.274. The van der Waals surface area contributed by atoms with E-state index in [1.807, 2.05) is 18.2 Å². The lowest BCUT2D eigenvalue weighted by atomic mass is 10.3. The Kier molecular flexibility index (Phi) is 3.30. The molecular formula is C14H11N3O2S. The van der Waals surface area contributed by atoms with Crippen LogP contribution in [-0.4, -0.2) is 23.0 Å². The number of benzene rings is 1. The number of methoxy groups -OCH3 is 1. The summed E-state index contributed by atoms with van der Waals surface area (Å²) in [6.45, 7) is 0. The van der Waals surface area contributed by atoms with Crippen molar-refractivity contribution >= 4 is 32.6 Å². The van der Waals surface area contributed by atoms with Crippen molar-refractivity contribution in [1.82, 2.24) is 9.97 Å².